The zero-order valence-electron chi connectivity index (χ0n) is 17.7. The number of hydrogen-bond acceptors (Lipinski definition) is 6. The summed E-state index contributed by atoms with van der Waals surface area (Å²) < 4.78 is 10.3. The summed E-state index contributed by atoms with van der Waals surface area (Å²) in [6.45, 7) is 5.92. The number of nitrogens with two attached hydrogens (primary N) is 1. The van der Waals surface area contributed by atoms with Crippen LogP contribution >= 0.6 is 0 Å². The number of rotatable bonds is 9. The number of carbonyl (C=O) groups excluding carboxylic acids is 4. The van der Waals surface area contributed by atoms with E-state index in [0.717, 1.165) is 4.90 Å². The lowest BCUT2D eigenvalue weighted by atomic mass is 9.91. The molecule has 2 rings (SSSR count). The maximum atomic E-state index is 13.2. The highest BCUT2D eigenvalue weighted by molar-refractivity contribution is 5.99. The number of likely N-dealkylation sites (N-methyl/N-ethyl adjacent to an activating group) is 1. The van der Waals surface area contributed by atoms with E-state index >= 15 is 0 Å². The quantitative estimate of drug-likeness (QED) is 0.537. The molecule has 30 heavy (non-hydrogen) atoms. The molecule has 0 radical (unpaired) electrons. The smallest absolute Gasteiger partial charge is 0.409 e. The molecule has 4 N–H and O–H groups in total. The molecule has 0 bridgehead atoms. The Morgan fingerprint density at radius 3 is 2.60 bits per heavy atom. The van der Waals surface area contributed by atoms with E-state index in [1.165, 1.54) is 13.2 Å². The molecule has 2 heterocycles. The normalized spacial score (nSPS) is 20.6. The highest BCUT2D eigenvalue weighted by Gasteiger charge is 2.45. The predicted molar refractivity (Wildman–Crippen MR) is 107 cm³/mol. The van der Waals surface area contributed by atoms with Crippen LogP contribution in [-0.4, -0.2) is 65.4 Å². The van der Waals surface area contributed by atoms with E-state index in [0.29, 0.717) is 30.4 Å². The molecule has 1 aromatic rings. The van der Waals surface area contributed by atoms with Crippen molar-refractivity contribution >= 4 is 23.7 Å². The number of aromatic amines is 1. The van der Waals surface area contributed by atoms with Crippen LogP contribution in [-0.2, 0) is 19.1 Å². The van der Waals surface area contributed by atoms with Gasteiger partial charge in [0.2, 0.25) is 11.8 Å². The summed E-state index contributed by atoms with van der Waals surface area (Å²) in [5.74, 6) is -0.755. The molecule has 10 nitrogen and oxygen atoms in total. The Morgan fingerprint density at radius 2 is 2.03 bits per heavy atom. The summed E-state index contributed by atoms with van der Waals surface area (Å²) in [4.78, 5) is 53.2. The Kier molecular flexibility index (Phi) is 7.99. The lowest BCUT2D eigenvalue weighted by Gasteiger charge is -2.30. The maximum absolute atomic E-state index is 13.2. The summed E-state index contributed by atoms with van der Waals surface area (Å²) in [6, 6.07) is -0.498. The molecule has 0 saturated carbocycles. The number of nitrogens with one attached hydrogen (secondary N) is 2. The van der Waals surface area contributed by atoms with Gasteiger partial charge in [-0.1, -0.05) is 20.8 Å². The summed E-state index contributed by atoms with van der Waals surface area (Å²) in [6.07, 6.45) is 2.09. The lowest BCUT2D eigenvalue weighted by molar-refractivity contribution is -0.141. The van der Waals surface area contributed by atoms with E-state index in [1.807, 2.05) is 0 Å². The van der Waals surface area contributed by atoms with Gasteiger partial charge in [0.25, 0.3) is 0 Å². The molecule has 0 spiro atoms. The van der Waals surface area contributed by atoms with E-state index in [2.05, 4.69) is 31.1 Å². The average molecular weight is 422 g/mol. The first-order valence-corrected chi connectivity index (χ1v) is 9.93. The van der Waals surface area contributed by atoms with Gasteiger partial charge in [0.05, 0.1) is 0 Å². The van der Waals surface area contributed by atoms with Crippen molar-refractivity contribution in [3.8, 4) is 5.75 Å². The van der Waals surface area contributed by atoms with E-state index in [-0.39, 0.29) is 6.61 Å². The van der Waals surface area contributed by atoms with Gasteiger partial charge in [-0.25, -0.2) is 4.79 Å². The Balaban J connectivity index is 2.14. The molecule has 3 amide bonds. The van der Waals surface area contributed by atoms with Crippen molar-refractivity contribution in [2.24, 2.45) is 17.6 Å². The SMILES string of the molecule is CC(C)C(C)CC[C@H](NC(=O)Oc1cc[nH]c1)C(=O)N(C)C1C(=O)COC1C(N)=O. The maximum Gasteiger partial charge on any atom is 0.413 e. The number of hydrogen-bond donors (Lipinski definition) is 3. The molecule has 4 atom stereocenters. The predicted octanol–water partition coefficient (Wildman–Crippen LogP) is 0.824. The average Bonchev–Trinajstić information content (AvgIpc) is 3.32. The fourth-order valence-electron chi connectivity index (χ4n) is 3.23. The molecule has 1 fully saturated rings. The standard InChI is InChI=1S/C20H30N4O6/c1-11(2)12(3)5-6-14(23-20(28)30-13-7-8-22-9-13)19(27)24(4)16-15(25)10-29-17(16)18(21)26/h7-9,11-12,14,16-17,22H,5-6,10H2,1-4H3,(H2,21,26)(H,23,28)/t12?,14-,16?,17?/m0/s1. The Morgan fingerprint density at radius 1 is 1.33 bits per heavy atom. The molecule has 3 unspecified atom stereocenters. The fraction of sp³-hybridized carbons (Fsp3) is 0.600. The van der Waals surface area contributed by atoms with Gasteiger partial charge in [0.1, 0.15) is 24.4 Å². The second-order valence-electron chi connectivity index (χ2n) is 7.93. The molecule has 0 aliphatic carbocycles. The second kappa shape index (κ2) is 10.2. The van der Waals surface area contributed by atoms with Crippen molar-refractivity contribution in [1.29, 1.82) is 0 Å². The number of aromatic nitrogens is 1. The van der Waals surface area contributed by atoms with Crippen molar-refractivity contribution in [1.82, 2.24) is 15.2 Å². The van der Waals surface area contributed by atoms with Crippen LogP contribution in [0.2, 0.25) is 0 Å². The van der Waals surface area contributed by atoms with Crippen LogP contribution in [0.4, 0.5) is 4.79 Å². The summed E-state index contributed by atoms with van der Waals surface area (Å²) >= 11 is 0. The number of Topliss-reactive ketones (excluding diaryl/α,β-unsaturated/α-hetero) is 1. The van der Waals surface area contributed by atoms with Gasteiger partial charge in [0, 0.05) is 19.4 Å². The number of primary amides is 1. The summed E-state index contributed by atoms with van der Waals surface area (Å²) in [5.41, 5.74) is 5.31. The molecule has 0 aromatic carbocycles. The van der Waals surface area contributed by atoms with Crippen LogP contribution in [0, 0.1) is 11.8 Å². The summed E-state index contributed by atoms with van der Waals surface area (Å²) in [7, 11) is 1.40. The first-order valence-electron chi connectivity index (χ1n) is 9.93. The highest BCUT2D eigenvalue weighted by Crippen LogP contribution is 2.21. The Hall–Kier alpha value is -2.88. The van der Waals surface area contributed by atoms with Gasteiger partial charge in [0.15, 0.2) is 11.9 Å². The fourth-order valence-corrected chi connectivity index (χ4v) is 3.23. The van der Waals surface area contributed by atoms with Gasteiger partial charge in [-0.3, -0.25) is 14.4 Å². The van der Waals surface area contributed by atoms with E-state index < -0.39 is 41.9 Å². The second-order valence-corrected chi connectivity index (χ2v) is 7.93. The van der Waals surface area contributed by atoms with Crippen molar-refractivity contribution in [2.45, 2.75) is 51.8 Å². The minimum Gasteiger partial charge on any atom is -0.409 e. The molecule has 10 heteroatoms. The Bertz CT molecular complexity index is 763. The van der Waals surface area contributed by atoms with Crippen molar-refractivity contribution in [3.05, 3.63) is 18.5 Å². The first kappa shape index (κ1) is 23.4. The number of carbonyl (C=O) groups is 4. The largest absolute Gasteiger partial charge is 0.413 e. The monoisotopic (exact) mass is 422 g/mol. The third kappa shape index (κ3) is 5.82. The molecular weight excluding hydrogens is 392 g/mol. The number of nitrogens with zero attached hydrogens (tertiary/aromatic N) is 1. The van der Waals surface area contributed by atoms with Crippen molar-refractivity contribution in [3.63, 3.8) is 0 Å². The van der Waals surface area contributed by atoms with Gasteiger partial charge in [-0.15, -0.1) is 0 Å². The van der Waals surface area contributed by atoms with Crippen LogP contribution in [0.3, 0.4) is 0 Å². The minimum absolute atomic E-state index is 0.298. The number of amides is 3. The first-order chi connectivity index (χ1) is 14.1. The van der Waals surface area contributed by atoms with Crippen LogP contribution in [0.25, 0.3) is 0 Å². The van der Waals surface area contributed by atoms with Gasteiger partial charge >= 0.3 is 6.09 Å². The zero-order chi connectivity index (χ0) is 22.4. The van der Waals surface area contributed by atoms with Gasteiger partial charge < -0.3 is 30.4 Å². The number of ether oxygens (including phenoxy) is 2. The number of H-pyrrole nitrogens is 1. The van der Waals surface area contributed by atoms with Crippen LogP contribution < -0.4 is 15.8 Å². The topological polar surface area (TPSA) is 144 Å². The van der Waals surface area contributed by atoms with E-state index in [9.17, 15) is 19.2 Å². The van der Waals surface area contributed by atoms with E-state index in [1.54, 1.807) is 12.3 Å². The molecule has 1 aliphatic rings. The third-order valence-electron chi connectivity index (χ3n) is 5.49. The highest BCUT2D eigenvalue weighted by atomic mass is 16.6. The zero-order valence-corrected chi connectivity index (χ0v) is 17.7. The van der Waals surface area contributed by atoms with Crippen molar-refractivity contribution in [2.75, 3.05) is 13.7 Å². The van der Waals surface area contributed by atoms with Gasteiger partial charge in [-0.05, 0) is 30.7 Å². The molecule has 1 saturated heterocycles. The van der Waals surface area contributed by atoms with Crippen LogP contribution in [0.15, 0.2) is 18.5 Å². The van der Waals surface area contributed by atoms with Crippen LogP contribution in [0.1, 0.15) is 33.6 Å². The molecule has 1 aliphatic heterocycles. The lowest BCUT2D eigenvalue weighted by Crippen LogP contribution is -2.56. The molecular formula is C20H30N4O6. The summed E-state index contributed by atoms with van der Waals surface area (Å²) in [5, 5.41) is 2.58. The van der Waals surface area contributed by atoms with Crippen LogP contribution in [0.5, 0.6) is 5.75 Å². The van der Waals surface area contributed by atoms with Crippen molar-refractivity contribution < 1.29 is 28.7 Å². The molecule has 166 valence electrons. The van der Waals surface area contributed by atoms with Gasteiger partial charge in [-0.2, -0.15) is 0 Å². The minimum atomic E-state index is -1.21. The molecule has 1 aromatic heterocycles. The third-order valence-corrected chi connectivity index (χ3v) is 5.49. The Labute approximate surface area is 175 Å². The van der Waals surface area contributed by atoms with E-state index in [4.69, 9.17) is 15.2 Å². The number of ketones is 1.